The highest BCUT2D eigenvalue weighted by Crippen LogP contribution is 2.19. The second-order valence-corrected chi connectivity index (χ2v) is 8.47. The van der Waals surface area contributed by atoms with Crippen molar-refractivity contribution in [3.8, 4) is 5.75 Å². The summed E-state index contributed by atoms with van der Waals surface area (Å²) in [4.78, 5) is 60.5. The van der Waals surface area contributed by atoms with Gasteiger partial charge in [-0.05, 0) is 54.1 Å². The number of aromatic hydroxyl groups is 1. The molecule has 0 aliphatic heterocycles. The fraction of sp³-hybridized carbons (Fsp3) is 0.115. The number of nitrogens with two attached hydrogens (primary N) is 1. The van der Waals surface area contributed by atoms with E-state index in [0.717, 1.165) is 0 Å². The van der Waals surface area contributed by atoms with Gasteiger partial charge in [-0.1, -0.05) is 29.8 Å². The Morgan fingerprint density at radius 2 is 1.47 bits per heavy atom. The minimum atomic E-state index is -1.51. The molecule has 0 aliphatic rings. The average molecular weight is 539 g/mol. The van der Waals surface area contributed by atoms with Crippen molar-refractivity contribution in [1.29, 1.82) is 0 Å². The van der Waals surface area contributed by atoms with Crippen LogP contribution < -0.4 is 21.7 Å². The average Bonchev–Trinajstić information content (AvgIpc) is 2.89. The van der Waals surface area contributed by atoms with Gasteiger partial charge in [0.2, 0.25) is 5.91 Å². The molecule has 3 aromatic rings. The molecule has 0 aliphatic carbocycles. The Labute approximate surface area is 221 Å². The number of hydrogen-bond acceptors (Lipinski definition) is 6. The molecule has 3 rings (SSSR count). The number of carbonyl (C=O) groups excluding carboxylic acids is 4. The Bertz CT molecular complexity index is 1410. The number of primary amides is 1. The monoisotopic (exact) mass is 538 g/mol. The summed E-state index contributed by atoms with van der Waals surface area (Å²) < 4.78 is 0. The van der Waals surface area contributed by atoms with Crippen molar-refractivity contribution >= 4 is 41.2 Å². The summed E-state index contributed by atoms with van der Waals surface area (Å²) in [6.07, 6.45) is 0. The number of benzene rings is 3. The van der Waals surface area contributed by atoms with Gasteiger partial charge in [0.25, 0.3) is 17.7 Å². The molecule has 11 nitrogen and oxygen atoms in total. The third kappa shape index (κ3) is 7.31. The minimum absolute atomic E-state index is 0.0617. The Morgan fingerprint density at radius 3 is 2.13 bits per heavy atom. The summed E-state index contributed by atoms with van der Waals surface area (Å²) in [5.74, 6) is -4.07. The van der Waals surface area contributed by atoms with Crippen LogP contribution in [0.3, 0.4) is 0 Å². The molecule has 12 heteroatoms. The lowest BCUT2D eigenvalue weighted by Gasteiger charge is -2.16. The molecule has 0 radical (unpaired) electrons. The van der Waals surface area contributed by atoms with E-state index in [9.17, 15) is 34.2 Å². The quantitative estimate of drug-likeness (QED) is 0.226. The second-order valence-electron chi connectivity index (χ2n) is 8.07. The third-order valence-electron chi connectivity index (χ3n) is 5.32. The molecule has 0 saturated heterocycles. The molecule has 1 atom stereocenters. The summed E-state index contributed by atoms with van der Waals surface area (Å²) in [7, 11) is 0. The van der Waals surface area contributed by atoms with Crippen molar-refractivity contribution in [2.45, 2.75) is 12.6 Å². The molecule has 38 heavy (non-hydrogen) atoms. The van der Waals surface area contributed by atoms with E-state index in [2.05, 4.69) is 16.0 Å². The van der Waals surface area contributed by atoms with E-state index in [1.807, 2.05) is 0 Å². The molecule has 196 valence electrons. The molecule has 0 unspecified atom stereocenters. The number of carbonyl (C=O) groups is 5. The number of phenolic OH excluding ortho intramolecular Hbond substituents is 1. The van der Waals surface area contributed by atoms with E-state index in [0.29, 0.717) is 5.56 Å². The highest BCUT2D eigenvalue weighted by atomic mass is 35.5. The number of hydrogen-bond donors (Lipinski definition) is 6. The number of phenols is 1. The molecular formula is C26H23ClN4O7. The lowest BCUT2D eigenvalue weighted by molar-refractivity contribution is -0.139. The Balaban J connectivity index is 1.61. The van der Waals surface area contributed by atoms with Crippen LogP contribution in [0.5, 0.6) is 5.75 Å². The molecule has 7 N–H and O–H groups in total. The molecule has 0 heterocycles. The van der Waals surface area contributed by atoms with E-state index in [1.165, 1.54) is 54.6 Å². The van der Waals surface area contributed by atoms with Crippen LogP contribution in [0.4, 0.5) is 0 Å². The summed E-state index contributed by atoms with van der Waals surface area (Å²) in [5, 5.41) is 26.2. The summed E-state index contributed by atoms with van der Waals surface area (Å²) >= 11 is 6.19. The topological polar surface area (TPSA) is 188 Å². The van der Waals surface area contributed by atoms with Crippen LogP contribution in [-0.4, -0.2) is 52.4 Å². The van der Waals surface area contributed by atoms with Crippen LogP contribution >= 0.6 is 11.6 Å². The maximum atomic E-state index is 12.7. The first kappa shape index (κ1) is 27.7. The smallest absolute Gasteiger partial charge is 0.328 e. The summed E-state index contributed by atoms with van der Waals surface area (Å²) in [5.41, 5.74) is 6.14. The third-order valence-corrected chi connectivity index (χ3v) is 5.63. The van der Waals surface area contributed by atoms with E-state index in [1.54, 1.807) is 12.1 Å². The number of aliphatic carboxylic acids is 1. The van der Waals surface area contributed by atoms with Gasteiger partial charge in [0, 0.05) is 29.8 Å². The predicted octanol–water partition coefficient (Wildman–Crippen LogP) is 1.69. The van der Waals surface area contributed by atoms with Gasteiger partial charge < -0.3 is 31.9 Å². The Kier molecular flexibility index (Phi) is 9.01. The van der Waals surface area contributed by atoms with E-state index in [4.69, 9.17) is 17.3 Å². The van der Waals surface area contributed by atoms with Gasteiger partial charge in [0.15, 0.2) is 0 Å². The summed E-state index contributed by atoms with van der Waals surface area (Å²) in [6, 6.07) is 14.3. The normalized spacial score (nSPS) is 11.2. The zero-order chi connectivity index (χ0) is 27.8. The fourth-order valence-electron chi connectivity index (χ4n) is 3.34. The highest BCUT2D eigenvalue weighted by molar-refractivity contribution is 6.34. The van der Waals surface area contributed by atoms with Crippen molar-refractivity contribution < 1.29 is 34.2 Å². The molecule has 0 bridgehead atoms. The zero-order valence-electron chi connectivity index (χ0n) is 19.7. The van der Waals surface area contributed by atoms with Crippen molar-refractivity contribution in [3.63, 3.8) is 0 Å². The van der Waals surface area contributed by atoms with Crippen LogP contribution in [0, 0.1) is 0 Å². The number of nitrogens with one attached hydrogen (secondary N) is 3. The first-order chi connectivity index (χ1) is 18.0. The Hall–Kier alpha value is -4.90. The molecule has 0 saturated carbocycles. The van der Waals surface area contributed by atoms with Crippen LogP contribution in [0.2, 0.25) is 5.02 Å². The lowest BCUT2D eigenvalue weighted by atomic mass is 10.1. The second kappa shape index (κ2) is 12.4. The SMILES string of the molecule is NC(=O)c1cccc(C(=O)NC[C@H](NC(=O)c2ccc(C(=O)NCc3cccc(O)c3)cc2Cl)C(=O)O)c1. The number of amides is 4. The first-order valence-electron chi connectivity index (χ1n) is 11.1. The minimum Gasteiger partial charge on any atom is -0.508 e. The summed E-state index contributed by atoms with van der Waals surface area (Å²) in [6.45, 7) is -0.320. The van der Waals surface area contributed by atoms with Gasteiger partial charge in [0.1, 0.15) is 11.8 Å². The largest absolute Gasteiger partial charge is 0.508 e. The fourth-order valence-corrected chi connectivity index (χ4v) is 3.60. The van der Waals surface area contributed by atoms with Gasteiger partial charge in [-0.2, -0.15) is 0 Å². The number of halogens is 1. The molecular weight excluding hydrogens is 516 g/mol. The van der Waals surface area contributed by atoms with Gasteiger partial charge in [0.05, 0.1) is 10.6 Å². The molecule has 0 fully saturated rings. The first-order valence-corrected chi connectivity index (χ1v) is 11.5. The van der Waals surface area contributed by atoms with Crippen LogP contribution in [0.1, 0.15) is 47.0 Å². The van der Waals surface area contributed by atoms with Crippen molar-refractivity contribution in [2.75, 3.05) is 6.54 Å². The van der Waals surface area contributed by atoms with Gasteiger partial charge in [-0.15, -0.1) is 0 Å². The van der Waals surface area contributed by atoms with E-state index < -0.39 is 42.2 Å². The van der Waals surface area contributed by atoms with Crippen LogP contribution in [0.15, 0.2) is 66.7 Å². The standard InChI is InChI=1S/C26H23ClN4O7/c27-20-11-17(24(35)29-12-14-3-1-6-18(32)9-14)7-8-19(20)25(36)31-21(26(37)38)13-30-23(34)16-5-2-4-15(10-16)22(28)33/h1-11,21,32H,12-13H2,(H2,28,33)(H,29,35)(H,30,34)(H,31,36)(H,37,38)/t21-/m0/s1. The van der Waals surface area contributed by atoms with E-state index >= 15 is 0 Å². The predicted molar refractivity (Wildman–Crippen MR) is 137 cm³/mol. The maximum absolute atomic E-state index is 12.7. The van der Waals surface area contributed by atoms with Gasteiger partial charge in [-0.25, -0.2) is 4.79 Å². The molecule has 0 spiro atoms. The van der Waals surface area contributed by atoms with Crippen LogP contribution in [0.25, 0.3) is 0 Å². The molecule has 0 aromatic heterocycles. The van der Waals surface area contributed by atoms with Gasteiger partial charge in [-0.3, -0.25) is 19.2 Å². The number of rotatable bonds is 10. The lowest BCUT2D eigenvalue weighted by Crippen LogP contribution is -2.48. The number of carboxylic acid groups (broad SMARTS) is 1. The highest BCUT2D eigenvalue weighted by Gasteiger charge is 2.23. The van der Waals surface area contributed by atoms with Crippen molar-refractivity contribution in [2.24, 2.45) is 5.73 Å². The van der Waals surface area contributed by atoms with Gasteiger partial charge >= 0.3 is 5.97 Å². The molecule has 3 aromatic carbocycles. The van der Waals surface area contributed by atoms with E-state index in [-0.39, 0.29) is 39.6 Å². The van der Waals surface area contributed by atoms with Crippen molar-refractivity contribution in [3.05, 3.63) is 99.6 Å². The zero-order valence-corrected chi connectivity index (χ0v) is 20.5. The maximum Gasteiger partial charge on any atom is 0.328 e. The van der Waals surface area contributed by atoms with Crippen molar-refractivity contribution in [1.82, 2.24) is 16.0 Å². The Morgan fingerprint density at radius 1 is 0.816 bits per heavy atom. The molecule has 4 amide bonds. The number of carboxylic acids is 1. The van der Waals surface area contributed by atoms with Crippen LogP contribution in [-0.2, 0) is 11.3 Å².